The molecule has 8 heteroatoms. The molecule has 1 aliphatic rings. The molecule has 0 atom stereocenters. The standard InChI is InChI=1S/C18H21N5OS2/c24-16-14-5-13-25-17(14)21-18(20-16)26-12-3-7-22-8-10-23(11-9-22)15-4-1-2-6-19-15/h1-2,4-6,13H,3,7-12H2,(H,20,21,24). The second-order valence-corrected chi connectivity index (χ2v) is 8.21. The van der Waals surface area contributed by atoms with Gasteiger partial charge in [0.1, 0.15) is 10.6 Å². The number of piperazine rings is 1. The highest BCUT2D eigenvalue weighted by Gasteiger charge is 2.17. The topological polar surface area (TPSA) is 65.1 Å². The summed E-state index contributed by atoms with van der Waals surface area (Å²) in [6.45, 7) is 5.26. The molecule has 0 aromatic carbocycles. The zero-order valence-electron chi connectivity index (χ0n) is 14.4. The van der Waals surface area contributed by atoms with Crippen LogP contribution in [-0.2, 0) is 0 Å². The van der Waals surface area contributed by atoms with Gasteiger partial charge in [0.2, 0.25) is 0 Å². The molecule has 1 fully saturated rings. The Balaban J connectivity index is 1.21. The predicted molar refractivity (Wildman–Crippen MR) is 108 cm³/mol. The summed E-state index contributed by atoms with van der Waals surface area (Å²) >= 11 is 3.15. The van der Waals surface area contributed by atoms with Gasteiger partial charge in [-0.3, -0.25) is 9.69 Å². The number of fused-ring (bicyclic) bond motifs is 1. The highest BCUT2D eigenvalue weighted by Crippen LogP contribution is 2.19. The van der Waals surface area contributed by atoms with Crippen LogP contribution in [0.1, 0.15) is 6.42 Å². The molecule has 3 aromatic rings. The van der Waals surface area contributed by atoms with Crippen molar-refractivity contribution in [3.63, 3.8) is 0 Å². The van der Waals surface area contributed by atoms with Gasteiger partial charge in [-0.15, -0.1) is 11.3 Å². The van der Waals surface area contributed by atoms with Gasteiger partial charge in [-0.25, -0.2) is 9.97 Å². The highest BCUT2D eigenvalue weighted by atomic mass is 32.2. The van der Waals surface area contributed by atoms with E-state index in [0.717, 1.165) is 60.7 Å². The first kappa shape index (κ1) is 17.5. The number of thioether (sulfide) groups is 1. The summed E-state index contributed by atoms with van der Waals surface area (Å²) in [5.41, 5.74) is -0.0376. The zero-order valence-corrected chi connectivity index (χ0v) is 16.1. The number of aromatic nitrogens is 3. The summed E-state index contributed by atoms with van der Waals surface area (Å²) in [5.74, 6) is 2.03. The monoisotopic (exact) mass is 387 g/mol. The molecule has 0 radical (unpaired) electrons. The van der Waals surface area contributed by atoms with Crippen LogP contribution in [0.2, 0.25) is 0 Å². The Morgan fingerprint density at radius 1 is 1.19 bits per heavy atom. The maximum atomic E-state index is 12.0. The van der Waals surface area contributed by atoms with Crippen LogP contribution in [0.25, 0.3) is 10.2 Å². The normalized spacial score (nSPS) is 15.6. The van der Waals surface area contributed by atoms with E-state index in [4.69, 9.17) is 0 Å². The van der Waals surface area contributed by atoms with Crippen molar-refractivity contribution < 1.29 is 0 Å². The van der Waals surface area contributed by atoms with Gasteiger partial charge in [-0.1, -0.05) is 17.8 Å². The molecule has 4 rings (SSSR count). The summed E-state index contributed by atoms with van der Waals surface area (Å²) in [6, 6.07) is 7.89. The van der Waals surface area contributed by atoms with Gasteiger partial charge >= 0.3 is 0 Å². The van der Waals surface area contributed by atoms with E-state index in [2.05, 4.69) is 30.8 Å². The summed E-state index contributed by atoms with van der Waals surface area (Å²) in [6.07, 6.45) is 2.94. The van der Waals surface area contributed by atoms with Gasteiger partial charge < -0.3 is 9.88 Å². The zero-order chi connectivity index (χ0) is 17.8. The SMILES string of the molecule is O=c1[nH]c(SCCCN2CCN(c3ccccn3)CC2)nc2sccc12. The summed E-state index contributed by atoms with van der Waals surface area (Å²) in [4.78, 5) is 29.5. The molecule has 0 amide bonds. The minimum atomic E-state index is -0.0376. The van der Waals surface area contributed by atoms with E-state index in [-0.39, 0.29) is 5.56 Å². The molecule has 1 N–H and O–H groups in total. The number of aromatic amines is 1. The van der Waals surface area contributed by atoms with E-state index in [1.165, 1.54) is 11.3 Å². The number of H-pyrrole nitrogens is 1. The molecule has 0 spiro atoms. The van der Waals surface area contributed by atoms with Gasteiger partial charge in [0, 0.05) is 38.1 Å². The van der Waals surface area contributed by atoms with Crippen LogP contribution in [0.3, 0.4) is 0 Å². The fourth-order valence-electron chi connectivity index (χ4n) is 3.11. The maximum absolute atomic E-state index is 12.0. The number of nitrogens with one attached hydrogen (secondary N) is 1. The lowest BCUT2D eigenvalue weighted by Crippen LogP contribution is -2.47. The van der Waals surface area contributed by atoms with Crippen molar-refractivity contribution in [2.45, 2.75) is 11.6 Å². The first-order valence-corrected chi connectivity index (χ1v) is 10.6. The van der Waals surface area contributed by atoms with Crippen molar-refractivity contribution in [2.75, 3.05) is 43.4 Å². The molecule has 6 nitrogen and oxygen atoms in total. The molecule has 3 aromatic heterocycles. The first-order chi connectivity index (χ1) is 12.8. The molecule has 0 unspecified atom stereocenters. The Labute approximate surface area is 160 Å². The quantitative estimate of drug-likeness (QED) is 0.399. The molecule has 0 bridgehead atoms. The number of hydrogen-bond donors (Lipinski definition) is 1. The van der Waals surface area contributed by atoms with Crippen molar-refractivity contribution in [1.82, 2.24) is 19.9 Å². The number of anilines is 1. The minimum Gasteiger partial charge on any atom is -0.354 e. The Kier molecular flexibility index (Phi) is 5.52. The van der Waals surface area contributed by atoms with Crippen LogP contribution < -0.4 is 10.5 Å². The van der Waals surface area contributed by atoms with Crippen LogP contribution in [0.15, 0.2) is 45.8 Å². The Morgan fingerprint density at radius 3 is 2.88 bits per heavy atom. The van der Waals surface area contributed by atoms with Gasteiger partial charge in [0.15, 0.2) is 5.16 Å². The fourth-order valence-corrected chi connectivity index (χ4v) is 4.72. The molecular weight excluding hydrogens is 366 g/mol. The summed E-state index contributed by atoms with van der Waals surface area (Å²) in [5, 5.41) is 3.32. The van der Waals surface area contributed by atoms with E-state index in [1.54, 1.807) is 11.8 Å². The Morgan fingerprint density at radius 2 is 2.08 bits per heavy atom. The average molecular weight is 388 g/mol. The molecule has 26 heavy (non-hydrogen) atoms. The van der Waals surface area contributed by atoms with Crippen molar-refractivity contribution in [3.8, 4) is 0 Å². The van der Waals surface area contributed by atoms with Crippen LogP contribution in [0.4, 0.5) is 5.82 Å². The van der Waals surface area contributed by atoms with Gasteiger partial charge in [-0.05, 0) is 36.5 Å². The van der Waals surface area contributed by atoms with Gasteiger partial charge in [0.05, 0.1) is 5.39 Å². The molecule has 1 saturated heterocycles. The number of pyridine rings is 1. The number of nitrogens with zero attached hydrogens (tertiary/aromatic N) is 4. The largest absolute Gasteiger partial charge is 0.354 e. The van der Waals surface area contributed by atoms with Crippen LogP contribution >= 0.6 is 23.1 Å². The number of hydrogen-bond acceptors (Lipinski definition) is 7. The third-order valence-electron chi connectivity index (χ3n) is 4.52. The molecular formula is C18H21N5OS2. The van der Waals surface area contributed by atoms with E-state index >= 15 is 0 Å². The second kappa shape index (κ2) is 8.20. The fraction of sp³-hybridized carbons (Fsp3) is 0.389. The van der Waals surface area contributed by atoms with Crippen molar-refractivity contribution in [3.05, 3.63) is 46.2 Å². The molecule has 0 saturated carbocycles. The molecule has 0 aliphatic carbocycles. The summed E-state index contributed by atoms with van der Waals surface area (Å²) in [7, 11) is 0. The first-order valence-electron chi connectivity index (χ1n) is 8.78. The lowest BCUT2D eigenvalue weighted by molar-refractivity contribution is 0.258. The Hall–Kier alpha value is -1.90. The Bertz CT molecular complexity index is 903. The molecule has 4 heterocycles. The average Bonchev–Trinajstić information content (AvgIpc) is 3.16. The van der Waals surface area contributed by atoms with Crippen molar-refractivity contribution in [1.29, 1.82) is 0 Å². The van der Waals surface area contributed by atoms with Crippen LogP contribution in [0, 0.1) is 0 Å². The summed E-state index contributed by atoms with van der Waals surface area (Å²) < 4.78 is 0. The highest BCUT2D eigenvalue weighted by molar-refractivity contribution is 7.99. The van der Waals surface area contributed by atoms with Crippen LogP contribution in [0.5, 0.6) is 0 Å². The van der Waals surface area contributed by atoms with E-state index in [0.29, 0.717) is 5.39 Å². The van der Waals surface area contributed by atoms with Crippen molar-refractivity contribution >= 4 is 39.1 Å². The van der Waals surface area contributed by atoms with Gasteiger partial charge in [0.25, 0.3) is 5.56 Å². The third kappa shape index (κ3) is 4.08. The molecule has 1 aliphatic heterocycles. The molecule has 136 valence electrons. The maximum Gasteiger partial charge on any atom is 0.260 e. The van der Waals surface area contributed by atoms with Crippen molar-refractivity contribution in [2.24, 2.45) is 0 Å². The second-order valence-electron chi connectivity index (χ2n) is 6.23. The van der Waals surface area contributed by atoms with E-state index < -0.39 is 0 Å². The minimum absolute atomic E-state index is 0.0376. The number of thiophene rings is 1. The smallest absolute Gasteiger partial charge is 0.260 e. The third-order valence-corrected chi connectivity index (χ3v) is 6.28. The van der Waals surface area contributed by atoms with Gasteiger partial charge in [-0.2, -0.15) is 0 Å². The van der Waals surface area contributed by atoms with E-state index in [1.807, 2.05) is 29.8 Å². The lowest BCUT2D eigenvalue weighted by Gasteiger charge is -2.35. The number of rotatable bonds is 6. The lowest BCUT2D eigenvalue weighted by atomic mass is 10.3. The predicted octanol–water partition coefficient (Wildman–Crippen LogP) is 2.68. The van der Waals surface area contributed by atoms with E-state index in [9.17, 15) is 4.79 Å². The van der Waals surface area contributed by atoms with Crippen LogP contribution in [-0.4, -0.2) is 58.3 Å².